The molecule has 1 heterocycles. The summed E-state index contributed by atoms with van der Waals surface area (Å²) in [6, 6.07) is 6.61. The van der Waals surface area contributed by atoms with Gasteiger partial charge in [0.15, 0.2) is 0 Å². The third-order valence-corrected chi connectivity index (χ3v) is 4.09. The van der Waals surface area contributed by atoms with E-state index >= 15 is 0 Å². The number of phenols is 1. The van der Waals surface area contributed by atoms with Crippen LogP contribution in [-0.2, 0) is 0 Å². The number of aromatic nitrogens is 4. The molecule has 0 aliphatic heterocycles. The van der Waals surface area contributed by atoms with Crippen LogP contribution in [0.3, 0.4) is 0 Å². The molecule has 2 N–H and O–H groups in total. The van der Waals surface area contributed by atoms with Crippen molar-refractivity contribution in [3.8, 4) is 11.4 Å². The lowest BCUT2D eigenvalue weighted by molar-refractivity contribution is 0.0815. The van der Waals surface area contributed by atoms with E-state index < -0.39 is 5.60 Å². The molecule has 0 saturated heterocycles. The molecule has 0 saturated carbocycles. The van der Waals surface area contributed by atoms with E-state index in [0.29, 0.717) is 17.3 Å². The zero-order chi connectivity index (χ0) is 13.9. The lowest BCUT2D eigenvalue weighted by Gasteiger charge is -2.19. The minimum absolute atomic E-state index is 0.194. The molecule has 0 radical (unpaired) electrons. The standard InChI is InChI=1S/C12H16N4O2S/c1-3-12(2,18)8-19-11-13-14-15-16(11)9-4-6-10(17)7-5-9/h4-7,17-18H,3,8H2,1-2H3. The van der Waals surface area contributed by atoms with Crippen LogP contribution in [0.1, 0.15) is 20.3 Å². The second-order valence-corrected chi connectivity index (χ2v) is 5.47. The number of aliphatic hydroxyl groups is 1. The number of thioether (sulfide) groups is 1. The molecule has 1 unspecified atom stereocenters. The maximum Gasteiger partial charge on any atom is 0.214 e. The molecule has 1 aromatic carbocycles. The molecule has 102 valence electrons. The van der Waals surface area contributed by atoms with Crippen molar-refractivity contribution in [2.75, 3.05) is 5.75 Å². The van der Waals surface area contributed by atoms with Crippen LogP contribution in [0.25, 0.3) is 5.69 Å². The molecule has 19 heavy (non-hydrogen) atoms. The third kappa shape index (κ3) is 3.45. The summed E-state index contributed by atoms with van der Waals surface area (Å²) in [6.45, 7) is 3.72. The molecular formula is C12H16N4O2S. The van der Waals surface area contributed by atoms with E-state index in [0.717, 1.165) is 5.69 Å². The van der Waals surface area contributed by atoms with Crippen LogP contribution in [-0.4, -0.2) is 41.8 Å². The highest BCUT2D eigenvalue weighted by Crippen LogP contribution is 2.24. The summed E-state index contributed by atoms with van der Waals surface area (Å²) in [5, 5.41) is 31.4. The van der Waals surface area contributed by atoms with Crippen molar-refractivity contribution in [3.63, 3.8) is 0 Å². The van der Waals surface area contributed by atoms with Crippen LogP contribution in [0.4, 0.5) is 0 Å². The van der Waals surface area contributed by atoms with E-state index in [2.05, 4.69) is 15.5 Å². The van der Waals surface area contributed by atoms with E-state index in [1.54, 1.807) is 35.9 Å². The summed E-state index contributed by atoms with van der Waals surface area (Å²) in [6.07, 6.45) is 0.667. The van der Waals surface area contributed by atoms with E-state index in [9.17, 15) is 10.2 Å². The normalized spacial score (nSPS) is 14.3. The Balaban J connectivity index is 2.16. The number of hydrogen-bond acceptors (Lipinski definition) is 6. The Morgan fingerprint density at radius 1 is 1.32 bits per heavy atom. The van der Waals surface area contributed by atoms with Crippen molar-refractivity contribution in [3.05, 3.63) is 24.3 Å². The van der Waals surface area contributed by atoms with Gasteiger partial charge in [0, 0.05) is 5.75 Å². The molecular weight excluding hydrogens is 264 g/mol. The molecule has 6 nitrogen and oxygen atoms in total. The van der Waals surface area contributed by atoms with Crippen molar-refractivity contribution in [1.29, 1.82) is 0 Å². The molecule has 1 atom stereocenters. The molecule has 0 amide bonds. The fourth-order valence-corrected chi connectivity index (χ4v) is 2.35. The summed E-state index contributed by atoms with van der Waals surface area (Å²) in [4.78, 5) is 0. The average molecular weight is 280 g/mol. The summed E-state index contributed by atoms with van der Waals surface area (Å²) in [5.74, 6) is 0.710. The van der Waals surface area contributed by atoms with E-state index in [1.807, 2.05) is 6.92 Å². The zero-order valence-corrected chi connectivity index (χ0v) is 11.6. The summed E-state index contributed by atoms with van der Waals surface area (Å²) in [7, 11) is 0. The summed E-state index contributed by atoms with van der Waals surface area (Å²) >= 11 is 1.40. The number of aromatic hydroxyl groups is 1. The predicted octanol–water partition coefficient (Wildman–Crippen LogP) is 1.62. The Morgan fingerprint density at radius 3 is 2.63 bits per heavy atom. The first kappa shape index (κ1) is 13.8. The first-order valence-corrected chi connectivity index (χ1v) is 6.93. The Kier molecular flexibility index (Phi) is 4.06. The number of hydrogen-bond donors (Lipinski definition) is 2. The van der Waals surface area contributed by atoms with Crippen molar-refractivity contribution >= 4 is 11.8 Å². The number of rotatable bonds is 5. The van der Waals surface area contributed by atoms with Gasteiger partial charge in [-0.2, -0.15) is 4.68 Å². The smallest absolute Gasteiger partial charge is 0.214 e. The molecule has 2 rings (SSSR count). The first-order valence-electron chi connectivity index (χ1n) is 5.95. The van der Waals surface area contributed by atoms with Crippen molar-refractivity contribution < 1.29 is 10.2 Å². The maximum absolute atomic E-state index is 9.99. The highest BCUT2D eigenvalue weighted by atomic mass is 32.2. The van der Waals surface area contributed by atoms with E-state index in [-0.39, 0.29) is 5.75 Å². The van der Waals surface area contributed by atoms with Gasteiger partial charge in [0.25, 0.3) is 0 Å². The molecule has 7 heteroatoms. The monoisotopic (exact) mass is 280 g/mol. The lowest BCUT2D eigenvalue weighted by Crippen LogP contribution is -2.26. The van der Waals surface area contributed by atoms with Gasteiger partial charge in [-0.15, -0.1) is 5.10 Å². The van der Waals surface area contributed by atoms with Crippen LogP contribution in [0.5, 0.6) is 5.75 Å². The van der Waals surface area contributed by atoms with Crippen molar-refractivity contribution in [2.24, 2.45) is 0 Å². The molecule has 0 aliphatic rings. The van der Waals surface area contributed by atoms with Gasteiger partial charge in [0.1, 0.15) is 5.75 Å². The molecule has 2 aromatic rings. The number of phenolic OH excluding ortho intramolecular Hbond substituents is 1. The maximum atomic E-state index is 9.99. The number of tetrazole rings is 1. The van der Waals surface area contributed by atoms with Crippen LogP contribution in [0, 0.1) is 0 Å². The summed E-state index contributed by atoms with van der Waals surface area (Å²) in [5.41, 5.74) is 0.0255. The van der Waals surface area contributed by atoms with Crippen molar-refractivity contribution in [1.82, 2.24) is 20.2 Å². The topological polar surface area (TPSA) is 84.1 Å². The van der Waals surface area contributed by atoms with E-state index in [1.165, 1.54) is 11.8 Å². The molecule has 0 fully saturated rings. The largest absolute Gasteiger partial charge is 0.508 e. The highest BCUT2D eigenvalue weighted by Gasteiger charge is 2.20. The number of nitrogens with zero attached hydrogens (tertiary/aromatic N) is 4. The van der Waals surface area contributed by atoms with Gasteiger partial charge in [-0.3, -0.25) is 0 Å². The first-order chi connectivity index (χ1) is 9.02. The Bertz CT molecular complexity index is 539. The minimum Gasteiger partial charge on any atom is -0.508 e. The predicted molar refractivity (Wildman–Crippen MR) is 72.5 cm³/mol. The van der Waals surface area contributed by atoms with Gasteiger partial charge >= 0.3 is 0 Å². The zero-order valence-electron chi connectivity index (χ0n) is 10.8. The Morgan fingerprint density at radius 2 is 2.00 bits per heavy atom. The molecule has 1 aromatic heterocycles. The van der Waals surface area contributed by atoms with Gasteiger partial charge in [0.2, 0.25) is 5.16 Å². The fraction of sp³-hybridized carbons (Fsp3) is 0.417. The molecule has 0 aliphatic carbocycles. The van der Waals surface area contributed by atoms with Gasteiger partial charge in [-0.05, 0) is 48.0 Å². The molecule has 0 spiro atoms. The highest BCUT2D eigenvalue weighted by molar-refractivity contribution is 7.99. The fourth-order valence-electron chi connectivity index (χ4n) is 1.35. The van der Waals surface area contributed by atoms with E-state index in [4.69, 9.17) is 0 Å². The van der Waals surface area contributed by atoms with Crippen LogP contribution in [0.2, 0.25) is 0 Å². The minimum atomic E-state index is -0.740. The molecule has 0 bridgehead atoms. The lowest BCUT2D eigenvalue weighted by atomic mass is 10.1. The summed E-state index contributed by atoms with van der Waals surface area (Å²) < 4.78 is 1.58. The SMILES string of the molecule is CCC(C)(O)CSc1nnnn1-c1ccc(O)cc1. The van der Waals surface area contributed by atoms with Gasteiger partial charge in [-0.1, -0.05) is 18.7 Å². The quantitative estimate of drug-likeness (QED) is 0.810. The third-order valence-electron chi connectivity index (χ3n) is 2.81. The van der Waals surface area contributed by atoms with Gasteiger partial charge in [-0.25, -0.2) is 0 Å². The second kappa shape index (κ2) is 5.58. The second-order valence-electron chi connectivity index (χ2n) is 4.53. The van der Waals surface area contributed by atoms with Gasteiger partial charge in [0.05, 0.1) is 11.3 Å². The van der Waals surface area contributed by atoms with Crippen LogP contribution in [0.15, 0.2) is 29.4 Å². The Labute approximate surface area is 115 Å². The van der Waals surface area contributed by atoms with Crippen LogP contribution < -0.4 is 0 Å². The number of benzene rings is 1. The van der Waals surface area contributed by atoms with Crippen LogP contribution >= 0.6 is 11.8 Å². The Hall–Kier alpha value is -1.60. The van der Waals surface area contributed by atoms with Gasteiger partial charge < -0.3 is 10.2 Å². The van der Waals surface area contributed by atoms with Crippen molar-refractivity contribution in [2.45, 2.75) is 31.0 Å². The average Bonchev–Trinajstić information content (AvgIpc) is 2.86.